The lowest BCUT2D eigenvalue weighted by Gasteiger charge is -2.24. The molecule has 1 atom stereocenters. The van der Waals surface area contributed by atoms with Crippen LogP contribution in [0.4, 0.5) is 15.0 Å². The van der Waals surface area contributed by atoms with Crippen LogP contribution in [0.5, 0.6) is 5.88 Å². The third-order valence-electron chi connectivity index (χ3n) is 3.21. The summed E-state index contributed by atoms with van der Waals surface area (Å²) in [7, 11) is 1.47. The molecule has 1 heterocycles. The minimum absolute atomic E-state index is 0.0910. The molecule has 7 heteroatoms. The normalized spacial score (nSPS) is 13.0. The van der Waals surface area contributed by atoms with Gasteiger partial charge in [-0.15, -0.1) is 0 Å². The van der Waals surface area contributed by atoms with Gasteiger partial charge >= 0.3 is 6.03 Å². The topological polar surface area (TPSA) is 83.5 Å². The SMILES string of the molecule is COc1cccc(NC(=O)NCC(C)(O)c2cccc(F)c2)n1. The molecule has 1 aromatic carbocycles. The van der Waals surface area contributed by atoms with Crippen molar-refractivity contribution in [3.05, 3.63) is 53.8 Å². The molecule has 1 aromatic heterocycles. The molecule has 23 heavy (non-hydrogen) atoms. The molecule has 3 N–H and O–H groups in total. The fourth-order valence-electron chi connectivity index (χ4n) is 1.94. The van der Waals surface area contributed by atoms with E-state index in [0.29, 0.717) is 17.3 Å². The van der Waals surface area contributed by atoms with Crippen molar-refractivity contribution in [2.45, 2.75) is 12.5 Å². The van der Waals surface area contributed by atoms with Crippen LogP contribution in [0.15, 0.2) is 42.5 Å². The Bertz CT molecular complexity index is 692. The highest BCUT2D eigenvalue weighted by molar-refractivity contribution is 5.88. The van der Waals surface area contributed by atoms with Crippen LogP contribution in [0.3, 0.4) is 0 Å². The predicted octanol–water partition coefficient (Wildman–Crippen LogP) is 2.26. The summed E-state index contributed by atoms with van der Waals surface area (Å²) in [6.45, 7) is 1.40. The summed E-state index contributed by atoms with van der Waals surface area (Å²) >= 11 is 0. The van der Waals surface area contributed by atoms with E-state index in [1.807, 2.05) is 0 Å². The molecule has 0 radical (unpaired) electrons. The van der Waals surface area contributed by atoms with Gasteiger partial charge in [0, 0.05) is 6.07 Å². The molecule has 2 rings (SSSR count). The molecule has 0 saturated carbocycles. The largest absolute Gasteiger partial charge is 0.481 e. The monoisotopic (exact) mass is 319 g/mol. The molecule has 0 saturated heterocycles. The number of benzene rings is 1. The molecule has 0 fully saturated rings. The van der Waals surface area contributed by atoms with Gasteiger partial charge < -0.3 is 15.2 Å². The number of carbonyl (C=O) groups is 1. The molecular formula is C16H18FN3O3. The van der Waals surface area contributed by atoms with Crippen LogP contribution in [0.25, 0.3) is 0 Å². The molecule has 0 bridgehead atoms. The van der Waals surface area contributed by atoms with E-state index >= 15 is 0 Å². The van der Waals surface area contributed by atoms with Crippen molar-refractivity contribution in [3.63, 3.8) is 0 Å². The number of pyridine rings is 1. The van der Waals surface area contributed by atoms with Crippen LogP contribution in [-0.4, -0.2) is 29.8 Å². The van der Waals surface area contributed by atoms with E-state index in [9.17, 15) is 14.3 Å². The summed E-state index contributed by atoms with van der Waals surface area (Å²) in [5.74, 6) is 0.231. The Morgan fingerprint density at radius 2 is 2.09 bits per heavy atom. The van der Waals surface area contributed by atoms with Crippen molar-refractivity contribution >= 4 is 11.8 Å². The number of aromatic nitrogens is 1. The van der Waals surface area contributed by atoms with Crippen LogP contribution in [0.1, 0.15) is 12.5 Å². The molecule has 0 aliphatic heterocycles. The van der Waals surface area contributed by atoms with E-state index in [-0.39, 0.29) is 6.54 Å². The number of urea groups is 1. The van der Waals surface area contributed by atoms with E-state index in [0.717, 1.165) is 0 Å². The highest BCUT2D eigenvalue weighted by Crippen LogP contribution is 2.20. The molecule has 122 valence electrons. The second kappa shape index (κ2) is 7.06. The minimum atomic E-state index is -1.40. The second-order valence-corrected chi connectivity index (χ2v) is 5.16. The number of aliphatic hydroxyl groups is 1. The average molecular weight is 319 g/mol. The summed E-state index contributed by atoms with van der Waals surface area (Å²) in [5, 5.41) is 15.4. The van der Waals surface area contributed by atoms with Crippen molar-refractivity contribution < 1.29 is 19.0 Å². The number of hydrogen-bond acceptors (Lipinski definition) is 4. The zero-order valence-electron chi connectivity index (χ0n) is 12.8. The summed E-state index contributed by atoms with van der Waals surface area (Å²) in [6.07, 6.45) is 0. The average Bonchev–Trinajstić information content (AvgIpc) is 2.53. The minimum Gasteiger partial charge on any atom is -0.481 e. The smallest absolute Gasteiger partial charge is 0.320 e. The van der Waals surface area contributed by atoms with Crippen molar-refractivity contribution in [2.75, 3.05) is 19.0 Å². The molecule has 0 aliphatic carbocycles. The van der Waals surface area contributed by atoms with Gasteiger partial charge in [0.05, 0.1) is 13.7 Å². The standard InChI is InChI=1S/C16H18FN3O3/c1-16(22,11-5-3-6-12(17)9-11)10-18-15(21)20-13-7-4-8-14(19-13)23-2/h3-9,22H,10H2,1-2H3,(H2,18,19,20,21). The molecule has 0 spiro atoms. The van der Waals surface area contributed by atoms with Crippen LogP contribution < -0.4 is 15.4 Å². The van der Waals surface area contributed by atoms with E-state index in [2.05, 4.69) is 15.6 Å². The molecule has 2 amide bonds. The summed E-state index contributed by atoms with van der Waals surface area (Å²) in [4.78, 5) is 15.9. The Morgan fingerprint density at radius 3 is 2.78 bits per heavy atom. The summed E-state index contributed by atoms with van der Waals surface area (Å²) < 4.78 is 18.2. The number of nitrogens with one attached hydrogen (secondary N) is 2. The molecule has 1 unspecified atom stereocenters. The van der Waals surface area contributed by atoms with Gasteiger partial charge in [0.25, 0.3) is 0 Å². The van der Waals surface area contributed by atoms with E-state index in [1.54, 1.807) is 24.3 Å². The summed E-state index contributed by atoms with van der Waals surface area (Å²) in [5.41, 5.74) is -1.03. The zero-order chi connectivity index (χ0) is 16.9. The van der Waals surface area contributed by atoms with Gasteiger partial charge in [0.15, 0.2) is 0 Å². The number of hydrogen-bond donors (Lipinski definition) is 3. The van der Waals surface area contributed by atoms with Gasteiger partial charge in [-0.1, -0.05) is 18.2 Å². The van der Waals surface area contributed by atoms with Crippen molar-refractivity contribution in [1.82, 2.24) is 10.3 Å². The highest BCUT2D eigenvalue weighted by atomic mass is 19.1. The van der Waals surface area contributed by atoms with Gasteiger partial charge in [-0.05, 0) is 30.7 Å². The van der Waals surface area contributed by atoms with Gasteiger partial charge in [-0.25, -0.2) is 9.18 Å². The molecule has 6 nitrogen and oxygen atoms in total. The van der Waals surface area contributed by atoms with Gasteiger partial charge in [0.1, 0.15) is 17.2 Å². The van der Waals surface area contributed by atoms with Gasteiger partial charge in [0.2, 0.25) is 5.88 Å². The first-order valence-electron chi connectivity index (χ1n) is 6.95. The Kier molecular flexibility index (Phi) is 5.13. The first-order chi connectivity index (χ1) is 10.9. The second-order valence-electron chi connectivity index (χ2n) is 5.16. The fourth-order valence-corrected chi connectivity index (χ4v) is 1.94. The zero-order valence-corrected chi connectivity index (χ0v) is 12.8. The Balaban J connectivity index is 1.95. The quantitative estimate of drug-likeness (QED) is 0.789. The van der Waals surface area contributed by atoms with E-state index in [1.165, 1.54) is 32.2 Å². The van der Waals surface area contributed by atoms with E-state index < -0.39 is 17.4 Å². The Hall–Kier alpha value is -2.67. The number of halogens is 1. The lowest BCUT2D eigenvalue weighted by molar-refractivity contribution is 0.0596. The van der Waals surface area contributed by atoms with Crippen molar-refractivity contribution in [2.24, 2.45) is 0 Å². The number of nitrogens with zero attached hydrogens (tertiary/aromatic N) is 1. The van der Waals surface area contributed by atoms with Crippen LogP contribution in [-0.2, 0) is 5.60 Å². The maximum absolute atomic E-state index is 13.2. The number of anilines is 1. The van der Waals surface area contributed by atoms with Gasteiger partial charge in [-0.3, -0.25) is 5.32 Å². The van der Waals surface area contributed by atoms with Gasteiger partial charge in [-0.2, -0.15) is 4.98 Å². The Labute approximate surface area is 133 Å². The maximum atomic E-state index is 13.2. The summed E-state index contributed by atoms with van der Waals surface area (Å²) in [6, 6.07) is 10.0. The van der Waals surface area contributed by atoms with E-state index in [4.69, 9.17) is 4.74 Å². The molecule has 0 aliphatic rings. The highest BCUT2D eigenvalue weighted by Gasteiger charge is 2.24. The number of ether oxygens (including phenoxy) is 1. The third kappa shape index (κ3) is 4.65. The lowest BCUT2D eigenvalue weighted by Crippen LogP contribution is -2.40. The van der Waals surface area contributed by atoms with Crippen LogP contribution >= 0.6 is 0 Å². The lowest BCUT2D eigenvalue weighted by atomic mass is 9.96. The van der Waals surface area contributed by atoms with Crippen molar-refractivity contribution in [1.29, 1.82) is 0 Å². The number of rotatable bonds is 5. The van der Waals surface area contributed by atoms with Crippen LogP contribution in [0.2, 0.25) is 0 Å². The number of carbonyl (C=O) groups excluding carboxylic acids is 1. The predicted molar refractivity (Wildman–Crippen MR) is 83.8 cm³/mol. The van der Waals surface area contributed by atoms with Crippen LogP contribution in [0, 0.1) is 5.82 Å². The number of methoxy groups -OCH3 is 1. The first-order valence-corrected chi connectivity index (χ1v) is 6.95. The Morgan fingerprint density at radius 1 is 1.35 bits per heavy atom. The molecule has 2 aromatic rings. The molecular weight excluding hydrogens is 301 g/mol. The fraction of sp³-hybridized carbons (Fsp3) is 0.250. The third-order valence-corrected chi connectivity index (χ3v) is 3.21. The number of amides is 2. The van der Waals surface area contributed by atoms with Crippen molar-refractivity contribution in [3.8, 4) is 5.88 Å². The maximum Gasteiger partial charge on any atom is 0.320 e. The first kappa shape index (κ1) is 16.7.